The van der Waals surface area contributed by atoms with E-state index >= 15 is 0 Å². The average Bonchev–Trinajstić information content (AvgIpc) is 3.54. The lowest BCUT2D eigenvalue weighted by molar-refractivity contribution is -0.138. The van der Waals surface area contributed by atoms with Gasteiger partial charge in [-0.15, -0.1) is 5.73 Å². The number of ketones is 1. The van der Waals surface area contributed by atoms with Crippen LogP contribution < -0.4 is 14.4 Å². The minimum Gasteiger partial charge on any atom is -0.496 e. The van der Waals surface area contributed by atoms with Crippen LogP contribution in [0.3, 0.4) is 0 Å². The molecule has 1 aromatic carbocycles. The van der Waals surface area contributed by atoms with Gasteiger partial charge >= 0.3 is 0 Å². The second-order valence-electron chi connectivity index (χ2n) is 12.6. The molecule has 0 N–H and O–H groups in total. The number of rotatable bonds is 6. The first-order valence-corrected chi connectivity index (χ1v) is 17.4. The van der Waals surface area contributed by atoms with Crippen LogP contribution in [-0.4, -0.2) is 49.9 Å². The molecule has 0 atom stereocenters. The predicted octanol–water partition coefficient (Wildman–Crippen LogP) is 8.06. The van der Waals surface area contributed by atoms with Gasteiger partial charge in [-0.25, -0.2) is 0 Å². The molecule has 0 saturated heterocycles. The van der Waals surface area contributed by atoms with E-state index in [0.717, 1.165) is 108 Å². The first-order chi connectivity index (χ1) is 22.5. The number of fused-ring (bicyclic) bond motifs is 2. The summed E-state index contributed by atoms with van der Waals surface area (Å²) in [7, 11) is 1.68. The van der Waals surface area contributed by atoms with Crippen molar-refractivity contribution in [2.75, 3.05) is 38.3 Å². The lowest BCUT2D eigenvalue weighted by Crippen LogP contribution is -2.40. The number of thiophene rings is 1. The van der Waals surface area contributed by atoms with Crippen LogP contribution in [0.5, 0.6) is 11.5 Å². The number of hydrogen-bond acceptors (Lipinski definition) is 6. The topological polar surface area (TPSA) is 59.1 Å². The summed E-state index contributed by atoms with van der Waals surface area (Å²) in [4.78, 5) is 31.8. The Kier molecular flexibility index (Phi) is 8.70. The van der Waals surface area contributed by atoms with Crippen LogP contribution >= 0.6 is 11.3 Å². The highest BCUT2D eigenvalue weighted by Crippen LogP contribution is 2.46. The number of anilines is 1. The maximum absolute atomic E-state index is 14.5. The van der Waals surface area contributed by atoms with Gasteiger partial charge in [0, 0.05) is 53.7 Å². The van der Waals surface area contributed by atoms with E-state index in [4.69, 9.17) is 9.47 Å². The second kappa shape index (κ2) is 13.2. The number of allylic oxidation sites excluding steroid dienone is 7. The third-order valence-electron chi connectivity index (χ3n) is 9.65. The van der Waals surface area contributed by atoms with E-state index in [1.807, 2.05) is 17.0 Å². The highest BCUT2D eigenvalue weighted by atomic mass is 32.1. The second-order valence-corrected chi connectivity index (χ2v) is 13.4. The van der Waals surface area contributed by atoms with Gasteiger partial charge in [-0.2, -0.15) is 11.3 Å². The monoisotopic (exact) mass is 632 g/mol. The molecule has 2 aliphatic carbocycles. The van der Waals surface area contributed by atoms with Crippen molar-refractivity contribution >= 4 is 40.0 Å². The smallest absolute Gasteiger partial charge is 0.225 e. The van der Waals surface area contributed by atoms with Crippen molar-refractivity contribution in [3.63, 3.8) is 0 Å². The molecule has 0 unspecified atom stereocenters. The largest absolute Gasteiger partial charge is 0.496 e. The van der Waals surface area contributed by atoms with Crippen LogP contribution in [0.15, 0.2) is 93.9 Å². The fourth-order valence-electron chi connectivity index (χ4n) is 6.97. The molecule has 0 radical (unpaired) electrons. The summed E-state index contributed by atoms with van der Waals surface area (Å²) in [5, 5.41) is 4.21. The Labute approximate surface area is 275 Å². The van der Waals surface area contributed by atoms with Gasteiger partial charge in [-0.3, -0.25) is 9.59 Å². The number of methoxy groups -OCH3 is 1. The van der Waals surface area contributed by atoms with Crippen LogP contribution in [0.1, 0.15) is 62.5 Å². The van der Waals surface area contributed by atoms with E-state index in [-0.39, 0.29) is 18.3 Å². The minimum atomic E-state index is 0.00435. The molecule has 1 aromatic heterocycles. The minimum absolute atomic E-state index is 0.00435. The molecular formula is C39H40N2O4S. The molecule has 1 saturated carbocycles. The summed E-state index contributed by atoms with van der Waals surface area (Å²) in [5.74, 6) is 1.97. The molecule has 6 nitrogen and oxygen atoms in total. The Hall–Kier alpha value is -4.32. The molecule has 46 heavy (non-hydrogen) atoms. The zero-order chi connectivity index (χ0) is 31.6. The van der Waals surface area contributed by atoms with E-state index < -0.39 is 0 Å². The summed E-state index contributed by atoms with van der Waals surface area (Å²) in [6.45, 7) is 6.48. The third kappa shape index (κ3) is 5.86. The van der Waals surface area contributed by atoms with Crippen LogP contribution in [0, 0.1) is 5.92 Å². The van der Waals surface area contributed by atoms with E-state index in [0.29, 0.717) is 31.0 Å². The molecule has 5 aliphatic rings. The number of hydrogen-bond donors (Lipinski definition) is 0. The van der Waals surface area contributed by atoms with Gasteiger partial charge in [0.05, 0.1) is 24.1 Å². The van der Waals surface area contributed by atoms with Crippen molar-refractivity contribution in [1.82, 2.24) is 4.90 Å². The van der Waals surface area contributed by atoms with Gasteiger partial charge in [-0.05, 0) is 79.7 Å². The molecule has 3 aliphatic heterocycles. The number of amides is 1. The van der Waals surface area contributed by atoms with Crippen molar-refractivity contribution in [2.24, 2.45) is 5.92 Å². The number of carbonyl (C=O) groups excluding carboxylic acids is 2. The summed E-state index contributed by atoms with van der Waals surface area (Å²) < 4.78 is 12.3. The summed E-state index contributed by atoms with van der Waals surface area (Å²) in [6, 6.07) is 6.22. The zero-order valence-electron chi connectivity index (χ0n) is 26.5. The Morgan fingerprint density at radius 2 is 2.00 bits per heavy atom. The molecule has 236 valence electrons. The first kappa shape index (κ1) is 30.3. The van der Waals surface area contributed by atoms with Crippen LogP contribution in [0.2, 0.25) is 0 Å². The Morgan fingerprint density at radius 3 is 2.76 bits per heavy atom. The molecule has 7 rings (SSSR count). The fraction of sp³-hybridized carbons (Fsp3) is 0.359. The Morgan fingerprint density at radius 1 is 1.13 bits per heavy atom. The van der Waals surface area contributed by atoms with Gasteiger partial charge in [0.15, 0.2) is 5.78 Å². The molecule has 7 heteroatoms. The zero-order valence-corrected chi connectivity index (χ0v) is 27.3. The van der Waals surface area contributed by atoms with Crippen molar-refractivity contribution < 1.29 is 19.1 Å². The Bertz CT molecular complexity index is 1760. The molecule has 1 fully saturated rings. The quantitative estimate of drug-likeness (QED) is 0.302. The standard InChI is InChI=1S/C39H40N2O4S/c1-26-9-5-13-29(21-26)32-22-33-36(23-35(32)44-2)45-24-34-31(15-8-19-41(37(33)34)30-16-20-46-25-30)38(42)27-10-3-4-17-40(18-7-14-27)39(43)28-11-6-12-28/h5,8,10,13,16,20-23,25,28H,1,3-4,6-7,9,11-12,14,17-19,24H2,2H3. The molecule has 0 bridgehead atoms. The van der Waals surface area contributed by atoms with Crippen LogP contribution in [0.25, 0.3) is 11.3 Å². The lowest BCUT2D eigenvalue weighted by atomic mass is 9.84. The fourth-order valence-corrected chi connectivity index (χ4v) is 7.61. The SMILES string of the molecule is C=C1C=C(c2cc3c(cc2OC)OCC2=C3N(c3ccsc3)CC=C=C2C(=O)C2=CCCCN(C(=O)C3CCC3)CCC2)C=CC1. The third-order valence-corrected chi connectivity index (χ3v) is 10.3. The molecule has 1 amide bonds. The number of carbonyl (C=O) groups is 2. The van der Waals surface area contributed by atoms with Gasteiger partial charge < -0.3 is 19.3 Å². The van der Waals surface area contributed by atoms with Crippen LogP contribution in [-0.2, 0) is 9.59 Å². The van der Waals surface area contributed by atoms with Crippen LogP contribution in [0.4, 0.5) is 5.69 Å². The maximum atomic E-state index is 14.5. The van der Waals surface area contributed by atoms with Gasteiger partial charge in [0.25, 0.3) is 0 Å². The van der Waals surface area contributed by atoms with Crippen molar-refractivity contribution in [1.29, 1.82) is 0 Å². The van der Waals surface area contributed by atoms with Gasteiger partial charge in [0.2, 0.25) is 5.91 Å². The lowest BCUT2D eigenvalue weighted by Gasteiger charge is -2.33. The van der Waals surface area contributed by atoms with Crippen molar-refractivity contribution in [3.05, 3.63) is 105 Å². The van der Waals surface area contributed by atoms with E-state index in [9.17, 15) is 9.59 Å². The highest BCUT2D eigenvalue weighted by molar-refractivity contribution is 7.08. The predicted molar refractivity (Wildman–Crippen MR) is 185 cm³/mol. The molecule has 0 spiro atoms. The summed E-state index contributed by atoms with van der Waals surface area (Å²) in [5.41, 5.74) is 11.6. The maximum Gasteiger partial charge on any atom is 0.225 e. The highest BCUT2D eigenvalue weighted by Gasteiger charge is 2.34. The normalized spacial score (nSPS) is 20.1. The average molecular weight is 633 g/mol. The summed E-state index contributed by atoms with van der Waals surface area (Å²) >= 11 is 1.65. The Balaban J connectivity index is 1.26. The summed E-state index contributed by atoms with van der Waals surface area (Å²) in [6.07, 6.45) is 17.5. The van der Waals surface area contributed by atoms with E-state index in [1.165, 1.54) is 0 Å². The molecular weight excluding hydrogens is 593 g/mol. The van der Waals surface area contributed by atoms with Gasteiger partial charge in [-0.1, -0.05) is 42.9 Å². The number of benzene rings is 1. The van der Waals surface area contributed by atoms with E-state index in [1.54, 1.807) is 18.4 Å². The molecule has 4 heterocycles. The number of ether oxygens (including phenoxy) is 2. The van der Waals surface area contributed by atoms with Gasteiger partial charge in [0.1, 0.15) is 18.1 Å². The van der Waals surface area contributed by atoms with Crippen molar-refractivity contribution in [2.45, 2.75) is 51.4 Å². The number of nitrogens with zero attached hydrogens (tertiary/aromatic N) is 2. The first-order valence-electron chi connectivity index (χ1n) is 16.4. The van der Waals surface area contributed by atoms with Crippen molar-refractivity contribution in [3.8, 4) is 11.5 Å². The molecule has 2 aromatic rings. The number of Topliss-reactive ketones (excluding diaryl/α,β-unsaturated/α-hetero) is 1. The van der Waals surface area contributed by atoms with E-state index in [2.05, 4.69) is 64.4 Å².